The summed E-state index contributed by atoms with van der Waals surface area (Å²) in [6.07, 6.45) is 5.41. The third-order valence-corrected chi connectivity index (χ3v) is 8.36. The van der Waals surface area contributed by atoms with Crippen molar-refractivity contribution in [1.29, 1.82) is 0 Å². The fraction of sp³-hybridized carbons (Fsp3) is 0.409. The molecular formula is C22H24Cl2N2O4S. The molecule has 4 rings (SSSR count). The highest BCUT2D eigenvalue weighted by Crippen LogP contribution is 2.49. The van der Waals surface area contributed by atoms with Crippen molar-refractivity contribution in [3.63, 3.8) is 0 Å². The van der Waals surface area contributed by atoms with Gasteiger partial charge in [0.15, 0.2) is 0 Å². The minimum Gasteiger partial charge on any atom is -0.495 e. The van der Waals surface area contributed by atoms with Crippen LogP contribution >= 0.6 is 23.2 Å². The molecule has 0 aliphatic heterocycles. The predicted octanol–water partition coefficient (Wildman–Crippen LogP) is 5.57. The first kappa shape index (κ1) is 22.2. The molecule has 1 amide bonds. The molecular weight excluding hydrogens is 459 g/mol. The van der Waals surface area contributed by atoms with E-state index in [-0.39, 0.29) is 26.5 Å². The number of amides is 1. The van der Waals surface area contributed by atoms with Gasteiger partial charge >= 0.3 is 0 Å². The molecule has 166 valence electrons. The molecule has 3 atom stereocenters. The van der Waals surface area contributed by atoms with Gasteiger partial charge in [-0.15, -0.1) is 0 Å². The highest BCUT2D eigenvalue weighted by atomic mass is 35.5. The molecule has 2 aliphatic carbocycles. The largest absolute Gasteiger partial charge is 0.495 e. The lowest BCUT2D eigenvalue weighted by molar-refractivity contribution is -0.117. The summed E-state index contributed by atoms with van der Waals surface area (Å²) >= 11 is 11.8. The lowest BCUT2D eigenvalue weighted by atomic mass is 9.86. The molecule has 0 saturated heterocycles. The van der Waals surface area contributed by atoms with Crippen molar-refractivity contribution in [3.8, 4) is 5.75 Å². The van der Waals surface area contributed by atoms with Gasteiger partial charge in [-0.05, 0) is 73.4 Å². The maximum absolute atomic E-state index is 12.8. The van der Waals surface area contributed by atoms with Gasteiger partial charge in [0.2, 0.25) is 5.91 Å². The zero-order valence-corrected chi connectivity index (χ0v) is 19.4. The number of rotatable bonds is 7. The van der Waals surface area contributed by atoms with E-state index >= 15 is 0 Å². The van der Waals surface area contributed by atoms with E-state index in [2.05, 4.69) is 10.0 Å². The van der Waals surface area contributed by atoms with Gasteiger partial charge in [0.1, 0.15) is 5.75 Å². The fourth-order valence-corrected chi connectivity index (χ4v) is 6.24. The van der Waals surface area contributed by atoms with Crippen LogP contribution in [0.25, 0.3) is 0 Å². The summed E-state index contributed by atoms with van der Waals surface area (Å²) < 4.78 is 33.4. The van der Waals surface area contributed by atoms with Gasteiger partial charge < -0.3 is 10.1 Å². The van der Waals surface area contributed by atoms with Gasteiger partial charge in [-0.25, -0.2) is 8.42 Å². The number of methoxy groups -OCH3 is 1. The van der Waals surface area contributed by atoms with Gasteiger partial charge in [-0.3, -0.25) is 9.52 Å². The molecule has 0 heterocycles. The molecule has 2 aromatic rings. The third-order valence-electron chi connectivity index (χ3n) is 6.26. The highest BCUT2D eigenvalue weighted by molar-refractivity contribution is 7.92. The Morgan fingerprint density at radius 3 is 2.55 bits per heavy atom. The van der Waals surface area contributed by atoms with Crippen LogP contribution in [0.15, 0.2) is 41.3 Å². The molecule has 0 spiro atoms. The molecule has 6 nitrogen and oxygen atoms in total. The number of benzene rings is 2. The maximum Gasteiger partial charge on any atom is 0.262 e. The summed E-state index contributed by atoms with van der Waals surface area (Å²) in [5, 5.41) is 3.29. The van der Waals surface area contributed by atoms with Crippen LogP contribution in [0.4, 0.5) is 11.4 Å². The van der Waals surface area contributed by atoms with Crippen LogP contribution in [0.2, 0.25) is 10.0 Å². The molecule has 9 heteroatoms. The Morgan fingerprint density at radius 2 is 1.90 bits per heavy atom. The first-order valence-corrected chi connectivity index (χ1v) is 12.4. The Hall–Kier alpha value is -1.96. The first-order chi connectivity index (χ1) is 14.7. The van der Waals surface area contributed by atoms with Crippen LogP contribution in [0.1, 0.15) is 32.1 Å². The zero-order valence-electron chi connectivity index (χ0n) is 17.0. The summed E-state index contributed by atoms with van der Waals surface area (Å²) in [5.74, 6) is 2.17. The van der Waals surface area contributed by atoms with E-state index in [0.717, 1.165) is 12.3 Å². The summed E-state index contributed by atoms with van der Waals surface area (Å²) in [4.78, 5) is 12.5. The molecule has 2 N–H and O–H groups in total. The number of fused-ring (bicyclic) bond motifs is 2. The van der Waals surface area contributed by atoms with E-state index in [0.29, 0.717) is 29.7 Å². The Kier molecular flexibility index (Phi) is 6.37. The van der Waals surface area contributed by atoms with Crippen molar-refractivity contribution < 1.29 is 17.9 Å². The van der Waals surface area contributed by atoms with Crippen molar-refractivity contribution >= 4 is 50.5 Å². The number of ether oxygens (including phenoxy) is 1. The van der Waals surface area contributed by atoms with E-state index in [1.807, 2.05) is 0 Å². The molecule has 2 saturated carbocycles. The number of sulfonamides is 1. The molecule has 2 aliphatic rings. The number of nitrogens with one attached hydrogen (secondary N) is 2. The summed E-state index contributed by atoms with van der Waals surface area (Å²) in [5.41, 5.74) is 0.715. The Bertz CT molecular complexity index is 1110. The van der Waals surface area contributed by atoms with E-state index in [9.17, 15) is 13.2 Å². The van der Waals surface area contributed by atoms with Crippen LogP contribution < -0.4 is 14.8 Å². The van der Waals surface area contributed by atoms with Crippen LogP contribution in [0, 0.1) is 17.8 Å². The molecule has 2 fully saturated rings. The van der Waals surface area contributed by atoms with Crippen LogP contribution in [-0.2, 0) is 14.8 Å². The third kappa shape index (κ3) is 4.94. The second kappa shape index (κ2) is 8.88. The molecule has 0 radical (unpaired) electrons. The number of hydrogen-bond acceptors (Lipinski definition) is 4. The van der Waals surface area contributed by atoms with Crippen LogP contribution in [-0.4, -0.2) is 21.4 Å². The average molecular weight is 483 g/mol. The lowest BCUT2D eigenvalue weighted by Crippen LogP contribution is -2.20. The standard InChI is InChI=1S/C22H24Cl2N2O4S/c1-30-21-7-4-16(25-22(27)10-15-9-13-2-3-14(15)8-13)11-20(21)26-31(28,29)17-5-6-18(23)19(24)12-17/h4-7,11-15,26H,2-3,8-10H2,1H3,(H,25,27)/t13-,14-,15-/m0/s1. The smallest absolute Gasteiger partial charge is 0.262 e. The number of anilines is 2. The summed E-state index contributed by atoms with van der Waals surface area (Å²) in [6, 6.07) is 8.91. The molecule has 0 unspecified atom stereocenters. The van der Waals surface area contributed by atoms with E-state index in [1.54, 1.807) is 18.2 Å². The molecule has 2 aromatic carbocycles. The van der Waals surface area contributed by atoms with Crippen LogP contribution in [0.5, 0.6) is 5.75 Å². The van der Waals surface area contributed by atoms with Crippen molar-refractivity contribution in [3.05, 3.63) is 46.4 Å². The predicted molar refractivity (Wildman–Crippen MR) is 122 cm³/mol. The van der Waals surface area contributed by atoms with Gasteiger partial charge in [-0.2, -0.15) is 0 Å². The minimum atomic E-state index is -3.94. The topological polar surface area (TPSA) is 84.5 Å². The average Bonchev–Trinajstić information content (AvgIpc) is 3.33. The van der Waals surface area contributed by atoms with Crippen LogP contribution in [0.3, 0.4) is 0 Å². The zero-order chi connectivity index (χ0) is 22.2. The maximum atomic E-state index is 12.8. The van der Waals surface area contributed by atoms with Gasteiger partial charge in [0.25, 0.3) is 10.0 Å². The SMILES string of the molecule is COc1ccc(NC(=O)C[C@@H]2C[C@H]3CC[C@H]2C3)cc1NS(=O)(=O)c1ccc(Cl)c(Cl)c1. The monoisotopic (exact) mass is 482 g/mol. The highest BCUT2D eigenvalue weighted by Gasteiger charge is 2.40. The Morgan fingerprint density at radius 1 is 1.10 bits per heavy atom. The second-order valence-corrected chi connectivity index (χ2v) is 10.8. The van der Waals surface area contributed by atoms with Gasteiger partial charge in [-0.1, -0.05) is 29.6 Å². The van der Waals surface area contributed by atoms with E-state index in [4.69, 9.17) is 27.9 Å². The number of halogens is 2. The number of hydrogen-bond donors (Lipinski definition) is 2. The molecule has 2 bridgehead atoms. The van der Waals surface area contributed by atoms with Crippen molar-refractivity contribution in [1.82, 2.24) is 0 Å². The van der Waals surface area contributed by atoms with Gasteiger partial charge in [0, 0.05) is 12.1 Å². The molecule has 0 aromatic heterocycles. The quantitative estimate of drug-likeness (QED) is 0.540. The summed E-state index contributed by atoms with van der Waals surface area (Å²) in [6.45, 7) is 0. The Labute approximate surface area is 192 Å². The van der Waals surface area contributed by atoms with Gasteiger partial charge in [0.05, 0.1) is 27.7 Å². The Balaban J connectivity index is 1.49. The number of carbonyl (C=O) groups excluding carboxylic acids is 1. The van der Waals surface area contributed by atoms with E-state index in [1.165, 1.54) is 44.6 Å². The number of carbonyl (C=O) groups is 1. The van der Waals surface area contributed by atoms with Crippen molar-refractivity contribution in [2.45, 2.75) is 37.0 Å². The fourth-order valence-electron chi connectivity index (χ4n) is 4.79. The van der Waals surface area contributed by atoms with E-state index < -0.39 is 10.0 Å². The van der Waals surface area contributed by atoms with Crippen molar-refractivity contribution in [2.24, 2.45) is 17.8 Å². The first-order valence-electron chi connectivity index (χ1n) is 10.2. The summed E-state index contributed by atoms with van der Waals surface area (Å²) in [7, 11) is -2.50. The minimum absolute atomic E-state index is 0.0327. The van der Waals surface area contributed by atoms with Crippen molar-refractivity contribution in [2.75, 3.05) is 17.1 Å². The normalized spacial score (nSPS) is 22.4. The lowest BCUT2D eigenvalue weighted by Gasteiger charge is -2.21. The molecule has 31 heavy (non-hydrogen) atoms. The second-order valence-electron chi connectivity index (χ2n) is 8.28.